The minimum Gasteiger partial charge on any atom is -0.497 e. The third kappa shape index (κ3) is 4.29. The third-order valence-electron chi connectivity index (χ3n) is 3.75. The molecule has 0 saturated heterocycles. The van der Waals surface area contributed by atoms with Crippen LogP contribution in [0.5, 0.6) is 17.2 Å². The summed E-state index contributed by atoms with van der Waals surface area (Å²) >= 11 is 5.31. The summed E-state index contributed by atoms with van der Waals surface area (Å²) in [5, 5.41) is 7.05. The number of hydrogen-bond acceptors (Lipinski definition) is 4. The molecule has 0 bridgehead atoms. The van der Waals surface area contributed by atoms with Gasteiger partial charge in [-0.25, -0.2) is 0 Å². The van der Waals surface area contributed by atoms with Gasteiger partial charge in [0.15, 0.2) is 16.6 Å². The van der Waals surface area contributed by atoms with Gasteiger partial charge >= 0.3 is 0 Å². The molecule has 0 saturated carbocycles. The minimum absolute atomic E-state index is 0.289. The van der Waals surface area contributed by atoms with Gasteiger partial charge in [-0.05, 0) is 54.0 Å². The van der Waals surface area contributed by atoms with Crippen molar-refractivity contribution in [2.75, 3.05) is 20.4 Å². The largest absolute Gasteiger partial charge is 0.497 e. The van der Waals surface area contributed by atoms with Crippen LogP contribution >= 0.6 is 12.2 Å². The molecule has 1 heterocycles. The summed E-state index contributed by atoms with van der Waals surface area (Å²) in [6.07, 6.45) is 0.899. The first-order chi connectivity index (χ1) is 11.7. The van der Waals surface area contributed by atoms with E-state index >= 15 is 0 Å². The van der Waals surface area contributed by atoms with Gasteiger partial charge in [0.2, 0.25) is 6.79 Å². The van der Waals surface area contributed by atoms with Crippen LogP contribution in [0.15, 0.2) is 42.5 Å². The maximum absolute atomic E-state index is 5.37. The molecule has 5 nitrogen and oxygen atoms in total. The molecule has 2 N–H and O–H groups in total. The van der Waals surface area contributed by atoms with Gasteiger partial charge in [-0.1, -0.05) is 18.2 Å². The van der Waals surface area contributed by atoms with E-state index in [1.165, 1.54) is 5.56 Å². The Morgan fingerprint density at radius 1 is 1.04 bits per heavy atom. The Hall–Kier alpha value is -2.47. The average molecular weight is 344 g/mol. The molecular formula is C18H20N2O3S. The van der Waals surface area contributed by atoms with Crippen molar-refractivity contribution in [1.82, 2.24) is 10.6 Å². The van der Waals surface area contributed by atoms with Gasteiger partial charge in [-0.3, -0.25) is 0 Å². The highest BCUT2D eigenvalue weighted by molar-refractivity contribution is 7.80. The first kappa shape index (κ1) is 16.4. The quantitative estimate of drug-likeness (QED) is 0.786. The van der Waals surface area contributed by atoms with Crippen LogP contribution < -0.4 is 24.8 Å². The summed E-state index contributed by atoms with van der Waals surface area (Å²) in [5.74, 6) is 2.44. The van der Waals surface area contributed by atoms with E-state index in [1.54, 1.807) is 7.11 Å². The Morgan fingerprint density at radius 3 is 2.58 bits per heavy atom. The average Bonchev–Trinajstić information content (AvgIpc) is 3.08. The predicted octanol–water partition coefficient (Wildman–Crippen LogP) is 2.63. The molecule has 6 heteroatoms. The lowest BCUT2D eigenvalue weighted by molar-refractivity contribution is 0.174. The van der Waals surface area contributed by atoms with Gasteiger partial charge < -0.3 is 24.8 Å². The summed E-state index contributed by atoms with van der Waals surface area (Å²) in [7, 11) is 1.67. The molecule has 0 unspecified atom stereocenters. The highest BCUT2D eigenvalue weighted by atomic mass is 32.1. The van der Waals surface area contributed by atoms with Crippen molar-refractivity contribution in [2.24, 2.45) is 0 Å². The molecule has 0 atom stereocenters. The number of methoxy groups -OCH3 is 1. The first-order valence-corrected chi connectivity index (χ1v) is 8.18. The van der Waals surface area contributed by atoms with Crippen molar-refractivity contribution in [3.8, 4) is 17.2 Å². The number of hydrogen-bond donors (Lipinski definition) is 2. The molecule has 1 aliphatic heterocycles. The van der Waals surface area contributed by atoms with E-state index in [0.717, 1.165) is 35.8 Å². The van der Waals surface area contributed by atoms with Crippen LogP contribution in [0.1, 0.15) is 11.1 Å². The van der Waals surface area contributed by atoms with Crippen molar-refractivity contribution in [2.45, 2.75) is 13.0 Å². The van der Waals surface area contributed by atoms with Gasteiger partial charge in [-0.2, -0.15) is 0 Å². The van der Waals surface area contributed by atoms with Crippen molar-refractivity contribution in [3.63, 3.8) is 0 Å². The van der Waals surface area contributed by atoms with Gasteiger partial charge in [-0.15, -0.1) is 0 Å². The zero-order valence-corrected chi connectivity index (χ0v) is 14.3. The van der Waals surface area contributed by atoms with E-state index in [1.807, 2.05) is 30.3 Å². The monoisotopic (exact) mass is 344 g/mol. The molecule has 126 valence electrons. The second kappa shape index (κ2) is 7.88. The molecule has 2 aromatic carbocycles. The maximum atomic E-state index is 5.37. The normalized spacial score (nSPS) is 11.9. The number of rotatable bonds is 6. The maximum Gasteiger partial charge on any atom is 0.231 e. The number of ether oxygens (including phenoxy) is 3. The second-order valence-electron chi connectivity index (χ2n) is 5.40. The smallest absolute Gasteiger partial charge is 0.231 e. The topological polar surface area (TPSA) is 51.8 Å². The highest BCUT2D eigenvalue weighted by Crippen LogP contribution is 2.32. The molecule has 0 aliphatic carbocycles. The molecule has 1 aliphatic rings. The van der Waals surface area contributed by atoms with Crippen molar-refractivity contribution < 1.29 is 14.2 Å². The van der Waals surface area contributed by atoms with Crippen LogP contribution in [0.2, 0.25) is 0 Å². The number of fused-ring (bicyclic) bond motifs is 1. The highest BCUT2D eigenvalue weighted by Gasteiger charge is 2.12. The Morgan fingerprint density at radius 2 is 1.79 bits per heavy atom. The van der Waals surface area contributed by atoms with Crippen molar-refractivity contribution in [3.05, 3.63) is 53.6 Å². The van der Waals surface area contributed by atoms with Crippen molar-refractivity contribution in [1.29, 1.82) is 0 Å². The molecule has 0 radical (unpaired) electrons. The standard InChI is InChI=1S/C18H20N2O3S/c1-21-15-5-2-13(3-6-15)8-9-19-18(24)20-11-14-4-7-16-17(10-14)23-12-22-16/h2-7,10H,8-9,11-12H2,1H3,(H2,19,20,24). The summed E-state index contributed by atoms with van der Waals surface area (Å²) in [6.45, 7) is 1.71. The lowest BCUT2D eigenvalue weighted by atomic mass is 10.1. The molecule has 24 heavy (non-hydrogen) atoms. The number of thiocarbonyl (C=S) groups is 1. The predicted molar refractivity (Wildman–Crippen MR) is 96.7 cm³/mol. The van der Waals surface area contributed by atoms with Crippen LogP contribution in [0.25, 0.3) is 0 Å². The van der Waals surface area contributed by atoms with Crippen LogP contribution in [0.3, 0.4) is 0 Å². The molecule has 0 fully saturated rings. The van der Waals surface area contributed by atoms with Crippen LogP contribution in [-0.4, -0.2) is 25.6 Å². The van der Waals surface area contributed by atoms with E-state index in [-0.39, 0.29) is 6.79 Å². The van der Waals surface area contributed by atoms with E-state index in [2.05, 4.69) is 22.8 Å². The van der Waals surface area contributed by atoms with E-state index in [9.17, 15) is 0 Å². The number of nitrogens with one attached hydrogen (secondary N) is 2. The lowest BCUT2D eigenvalue weighted by Gasteiger charge is -2.11. The Balaban J connectivity index is 1.39. The van der Waals surface area contributed by atoms with E-state index < -0.39 is 0 Å². The van der Waals surface area contributed by atoms with Gasteiger partial charge in [0.1, 0.15) is 5.75 Å². The zero-order chi connectivity index (χ0) is 16.8. The Kier molecular flexibility index (Phi) is 5.38. The van der Waals surface area contributed by atoms with E-state index in [0.29, 0.717) is 11.7 Å². The minimum atomic E-state index is 0.289. The fourth-order valence-corrected chi connectivity index (χ4v) is 2.58. The zero-order valence-electron chi connectivity index (χ0n) is 13.5. The van der Waals surface area contributed by atoms with Crippen LogP contribution in [-0.2, 0) is 13.0 Å². The second-order valence-corrected chi connectivity index (χ2v) is 5.80. The number of benzene rings is 2. The molecule has 0 amide bonds. The van der Waals surface area contributed by atoms with Gasteiger partial charge in [0, 0.05) is 13.1 Å². The Labute approximate surface area is 146 Å². The van der Waals surface area contributed by atoms with Crippen LogP contribution in [0, 0.1) is 0 Å². The van der Waals surface area contributed by atoms with Crippen molar-refractivity contribution >= 4 is 17.3 Å². The molecule has 0 aromatic heterocycles. The first-order valence-electron chi connectivity index (χ1n) is 7.78. The fourth-order valence-electron chi connectivity index (χ4n) is 2.41. The summed E-state index contributed by atoms with van der Waals surface area (Å²) in [5.41, 5.74) is 2.33. The summed E-state index contributed by atoms with van der Waals surface area (Å²) in [4.78, 5) is 0. The molecular weight excluding hydrogens is 324 g/mol. The lowest BCUT2D eigenvalue weighted by Crippen LogP contribution is -2.35. The summed E-state index contributed by atoms with van der Waals surface area (Å²) in [6, 6.07) is 13.9. The Bertz CT molecular complexity index is 704. The van der Waals surface area contributed by atoms with Gasteiger partial charge in [0.05, 0.1) is 7.11 Å². The van der Waals surface area contributed by atoms with Gasteiger partial charge in [0.25, 0.3) is 0 Å². The third-order valence-corrected chi connectivity index (χ3v) is 4.04. The SMILES string of the molecule is COc1ccc(CCNC(=S)NCc2ccc3c(c2)OCO3)cc1. The molecule has 3 rings (SSSR count). The molecule has 2 aromatic rings. The fraction of sp³-hybridized carbons (Fsp3) is 0.278. The van der Waals surface area contributed by atoms with Crippen LogP contribution in [0.4, 0.5) is 0 Å². The summed E-state index contributed by atoms with van der Waals surface area (Å²) < 4.78 is 15.8. The molecule has 0 spiro atoms. The van der Waals surface area contributed by atoms with E-state index in [4.69, 9.17) is 26.4 Å².